The molecule has 2 heterocycles. The Morgan fingerprint density at radius 3 is 1.92 bits per heavy atom. The fourth-order valence-corrected chi connectivity index (χ4v) is 2.65. The van der Waals surface area contributed by atoms with Crippen LogP contribution in [0.4, 0.5) is 0 Å². The molecule has 1 aromatic heterocycles. The molecule has 1 saturated heterocycles. The van der Waals surface area contributed by atoms with Gasteiger partial charge in [-0.25, -0.2) is 9.97 Å². The third kappa shape index (κ3) is 4.96. The maximum atomic E-state index is 9.00. The lowest BCUT2D eigenvalue weighted by molar-refractivity contribution is 0.00578. The third-order valence-electron chi connectivity index (χ3n) is 4.35. The highest BCUT2D eigenvalue weighted by molar-refractivity contribution is 6.62. The van der Waals surface area contributed by atoms with Crippen molar-refractivity contribution >= 4 is 35.8 Å². The second-order valence-corrected chi connectivity index (χ2v) is 7.77. The molecule has 0 bridgehead atoms. The minimum atomic E-state index is -0.401. The first kappa shape index (κ1) is 20.7. The van der Waals surface area contributed by atoms with Gasteiger partial charge in [0.05, 0.1) is 22.8 Å². The highest BCUT2D eigenvalue weighted by Gasteiger charge is 2.51. The second-order valence-electron chi connectivity index (χ2n) is 7.00. The van der Waals surface area contributed by atoms with Gasteiger partial charge in [0, 0.05) is 6.07 Å². The van der Waals surface area contributed by atoms with Crippen molar-refractivity contribution in [3.63, 3.8) is 0 Å². The monoisotopic (exact) mass is 391 g/mol. The summed E-state index contributed by atoms with van der Waals surface area (Å²) in [6.45, 7) is 10.1. The number of rotatable bonds is 1. The average molecular weight is 392 g/mol. The summed E-state index contributed by atoms with van der Waals surface area (Å²) < 4.78 is 11.9. The molecule has 0 saturated carbocycles. The van der Waals surface area contributed by atoms with Crippen LogP contribution in [0.25, 0.3) is 0 Å². The first-order chi connectivity index (χ1) is 12.0. The van der Waals surface area contributed by atoms with Gasteiger partial charge in [0.25, 0.3) is 0 Å². The van der Waals surface area contributed by atoms with Crippen molar-refractivity contribution in [3.8, 4) is 6.07 Å². The minimum Gasteiger partial charge on any atom is -0.399 e. The van der Waals surface area contributed by atoms with Gasteiger partial charge in [0.15, 0.2) is 0 Å². The molecule has 5 nitrogen and oxygen atoms in total. The second kappa shape index (κ2) is 7.93. The summed E-state index contributed by atoms with van der Waals surface area (Å²) in [5.74, 6) is 0. The number of hydrogen-bond acceptors (Lipinski definition) is 5. The Hall–Kier alpha value is -1.65. The van der Waals surface area contributed by atoms with Crippen LogP contribution in [0.2, 0.25) is 10.3 Å². The fourth-order valence-electron chi connectivity index (χ4n) is 2.30. The summed E-state index contributed by atoms with van der Waals surface area (Å²) in [6.07, 6.45) is 1.31. The standard InChI is InChI=1S/C14H18BNO2.C4H2Cl2N2/c1-10-6-11(9-16)8-12(7-10)15-17-13(2,3)14(4,5)18-15;5-3-1-4(6)8-2-7-3/h6-8H,1-5H3;1-2H. The Bertz CT molecular complexity index is 804. The Labute approximate surface area is 164 Å². The first-order valence-electron chi connectivity index (χ1n) is 8.04. The van der Waals surface area contributed by atoms with Gasteiger partial charge in [-0.2, -0.15) is 5.26 Å². The van der Waals surface area contributed by atoms with Crippen LogP contribution >= 0.6 is 23.2 Å². The molecule has 3 rings (SSSR count). The summed E-state index contributed by atoms with van der Waals surface area (Å²) in [4.78, 5) is 7.22. The van der Waals surface area contributed by atoms with Crippen LogP contribution in [0.5, 0.6) is 0 Å². The maximum Gasteiger partial charge on any atom is 0.494 e. The molecule has 0 atom stereocenters. The molecular formula is C18H20BCl2N3O2. The van der Waals surface area contributed by atoms with Gasteiger partial charge in [0.1, 0.15) is 16.6 Å². The lowest BCUT2D eigenvalue weighted by Crippen LogP contribution is -2.41. The zero-order valence-electron chi connectivity index (χ0n) is 15.4. The summed E-state index contributed by atoms with van der Waals surface area (Å²) in [7, 11) is -0.401. The SMILES string of the molecule is Cc1cc(C#N)cc(B2OC(C)(C)C(C)(C)O2)c1.Clc1cc(Cl)ncn1. The molecule has 1 aliphatic heterocycles. The van der Waals surface area contributed by atoms with E-state index < -0.39 is 7.12 Å². The van der Waals surface area contributed by atoms with Gasteiger partial charge >= 0.3 is 7.12 Å². The van der Waals surface area contributed by atoms with Crippen molar-refractivity contribution in [3.05, 3.63) is 52.0 Å². The highest BCUT2D eigenvalue weighted by Crippen LogP contribution is 2.36. The van der Waals surface area contributed by atoms with E-state index in [2.05, 4.69) is 16.0 Å². The zero-order chi connectivity index (χ0) is 19.5. The Morgan fingerprint density at radius 1 is 0.962 bits per heavy atom. The van der Waals surface area contributed by atoms with Crippen molar-refractivity contribution in [2.75, 3.05) is 0 Å². The Kier molecular flexibility index (Phi) is 6.31. The van der Waals surface area contributed by atoms with Gasteiger partial charge in [-0.1, -0.05) is 34.8 Å². The third-order valence-corrected chi connectivity index (χ3v) is 4.77. The van der Waals surface area contributed by atoms with Crippen LogP contribution in [0.3, 0.4) is 0 Å². The van der Waals surface area contributed by atoms with Gasteiger partial charge in [-0.15, -0.1) is 0 Å². The molecule has 0 unspecified atom stereocenters. The molecule has 0 N–H and O–H groups in total. The van der Waals surface area contributed by atoms with Crippen LogP contribution < -0.4 is 5.46 Å². The van der Waals surface area contributed by atoms with E-state index in [1.165, 1.54) is 12.4 Å². The van der Waals surface area contributed by atoms with Crippen molar-refractivity contribution < 1.29 is 9.31 Å². The van der Waals surface area contributed by atoms with Crippen molar-refractivity contribution in [1.29, 1.82) is 5.26 Å². The van der Waals surface area contributed by atoms with E-state index in [9.17, 15) is 0 Å². The van der Waals surface area contributed by atoms with E-state index in [0.717, 1.165) is 11.0 Å². The summed E-state index contributed by atoms with van der Waals surface area (Å²) in [6, 6.07) is 9.32. The quantitative estimate of drug-likeness (QED) is 0.543. The van der Waals surface area contributed by atoms with E-state index in [1.807, 2.05) is 52.8 Å². The molecule has 0 spiro atoms. The van der Waals surface area contributed by atoms with Crippen molar-refractivity contribution in [2.45, 2.75) is 45.8 Å². The van der Waals surface area contributed by atoms with Crippen LogP contribution in [0, 0.1) is 18.3 Å². The largest absolute Gasteiger partial charge is 0.494 e. The van der Waals surface area contributed by atoms with Gasteiger partial charge in [0.2, 0.25) is 0 Å². The van der Waals surface area contributed by atoms with E-state index in [-0.39, 0.29) is 11.2 Å². The van der Waals surface area contributed by atoms with Crippen molar-refractivity contribution in [1.82, 2.24) is 9.97 Å². The number of nitrogens with zero attached hydrogens (tertiary/aromatic N) is 3. The average Bonchev–Trinajstić information content (AvgIpc) is 2.75. The number of nitriles is 1. The van der Waals surface area contributed by atoms with Gasteiger partial charge in [-0.05, 0) is 52.2 Å². The lowest BCUT2D eigenvalue weighted by Gasteiger charge is -2.32. The molecule has 0 amide bonds. The molecule has 1 aliphatic rings. The predicted octanol–water partition coefficient (Wildman–Crippen LogP) is 3.95. The number of hydrogen-bond donors (Lipinski definition) is 0. The molecule has 1 aromatic carbocycles. The van der Waals surface area contributed by atoms with Gasteiger partial charge < -0.3 is 9.31 Å². The fraction of sp³-hybridized carbons (Fsp3) is 0.389. The predicted molar refractivity (Wildman–Crippen MR) is 104 cm³/mol. The molecule has 0 radical (unpaired) electrons. The Balaban J connectivity index is 0.000000254. The first-order valence-corrected chi connectivity index (χ1v) is 8.80. The molecule has 0 aliphatic carbocycles. The van der Waals surface area contributed by atoms with Crippen LogP contribution in [0.1, 0.15) is 38.8 Å². The van der Waals surface area contributed by atoms with E-state index in [0.29, 0.717) is 15.9 Å². The molecule has 136 valence electrons. The molecular weight excluding hydrogens is 372 g/mol. The molecule has 2 aromatic rings. The smallest absolute Gasteiger partial charge is 0.399 e. The number of halogens is 2. The van der Waals surface area contributed by atoms with Crippen LogP contribution in [-0.4, -0.2) is 28.3 Å². The number of aromatic nitrogens is 2. The topological polar surface area (TPSA) is 68.0 Å². The molecule has 8 heteroatoms. The molecule has 1 fully saturated rings. The van der Waals surface area contributed by atoms with Crippen molar-refractivity contribution in [2.24, 2.45) is 0 Å². The summed E-state index contributed by atoms with van der Waals surface area (Å²) in [5.41, 5.74) is 1.88. The summed E-state index contributed by atoms with van der Waals surface area (Å²) >= 11 is 10.8. The van der Waals surface area contributed by atoms with Crippen LogP contribution in [0.15, 0.2) is 30.6 Å². The van der Waals surface area contributed by atoms with E-state index >= 15 is 0 Å². The van der Waals surface area contributed by atoms with E-state index in [4.69, 9.17) is 37.8 Å². The zero-order valence-corrected chi connectivity index (χ0v) is 16.9. The van der Waals surface area contributed by atoms with Gasteiger partial charge in [-0.3, -0.25) is 0 Å². The highest BCUT2D eigenvalue weighted by atomic mass is 35.5. The Morgan fingerprint density at radius 2 is 1.50 bits per heavy atom. The van der Waals surface area contributed by atoms with E-state index in [1.54, 1.807) is 0 Å². The lowest BCUT2D eigenvalue weighted by atomic mass is 9.77. The van der Waals surface area contributed by atoms with Crippen LogP contribution in [-0.2, 0) is 9.31 Å². The summed E-state index contributed by atoms with van der Waals surface area (Å²) in [5, 5.41) is 9.73. The maximum absolute atomic E-state index is 9.00. The minimum absolute atomic E-state index is 0.353. The normalized spacial score (nSPS) is 17.2. The number of aryl methyl sites for hydroxylation is 1. The number of benzene rings is 1. The molecule has 26 heavy (non-hydrogen) atoms.